The molecule has 1 aromatic heterocycles. The van der Waals surface area contributed by atoms with Crippen LogP contribution in [0.25, 0.3) is 5.76 Å². The first kappa shape index (κ1) is 20.5. The molecule has 152 valence electrons. The Morgan fingerprint density at radius 1 is 1.21 bits per heavy atom. The van der Waals surface area contributed by atoms with Crippen molar-refractivity contribution in [3.05, 3.63) is 65.0 Å². The summed E-state index contributed by atoms with van der Waals surface area (Å²) in [4.78, 5) is 31.4. The molecule has 7 nitrogen and oxygen atoms in total. The normalized spacial score (nSPS) is 18.5. The average Bonchev–Trinajstić information content (AvgIpc) is 2.97. The molecule has 0 saturated carbocycles. The number of pyridine rings is 1. The first-order valence-corrected chi connectivity index (χ1v) is 9.53. The lowest BCUT2D eigenvalue weighted by atomic mass is 9.94. The Morgan fingerprint density at radius 3 is 2.48 bits per heavy atom. The van der Waals surface area contributed by atoms with E-state index in [-0.39, 0.29) is 11.3 Å². The van der Waals surface area contributed by atoms with Crippen LogP contribution in [0.4, 0.5) is 0 Å². The van der Waals surface area contributed by atoms with Gasteiger partial charge in [0.15, 0.2) is 12.4 Å². The number of H-pyrrole nitrogens is 1. The lowest BCUT2D eigenvalue weighted by Gasteiger charge is -2.25. The van der Waals surface area contributed by atoms with Gasteiger partial charge < -0.3 is 19.6 Å². The molecule has 1 aliphatic rings. The maximum atomic E-state index is 12.9. The number of hydrogen-bond acceptors (Lipinski definition) is 4. The quantitative estimate of drug-likeness (QED) is 0.419. The van der Waals surface area contributed by atoms with E-state index in [4.69, 9.17) is 4.74 Å². The number of nitrogens with one attached hydrogen (secondary N) is 2. The Balaban J connectivity index is 2.15. The van der Waals surface area contributed by atoms with E-state index in [0.717, 1.165) is 16.0 Å². The number of likely N-dealkylation sites (N-methyl/N-ethyl adjacent to an activating group) is 1. The fourth-order valence-corrected chi connectivity index (χ4v) is 3.56. The van der Waals surface area contributed by atoms with Crippen molar-refractivity contribution in [2.75, 3.05) is 34.3 Å². The van der Waals surface area contributed by atoms with E-state index in [1.807, 2.05) is 33.2 Å². The molecular formula is C22H27N3O4+2. The van der Waals surface area contributed by atoms with Crippen molar-refractivity contribution in [2.45, 2.75) is 13.0 Å². The Bertz CT molecular complexity index is 954. The highest BCUT2D eigenvalue weighted by Gasteiger charge is 2.46. The molecule has 1 aliphatic heterocycles. The molecule has 1 amide bonds. The Hall–Kier alpha value is -3.19. The van der Waals surface area contributed by atoms with E-state index < -0.39 is 17.7 Å². The summed E-state index contributed by atoms with van der Waals surface area (Å²) in [5.74, 6) is -0.759. The maximum absolute atomic E-state index is 12.9. The molecule has 2 aromatic rings. The predicted molar refractivity (Wildman–Crippen MR) is 107 cm³/mol. The number of rotatable bonds is 6. The third kappa shape index (κ3) is 4.00. The SMILES string of the molecule is COc1ccc(C(O)=C2C(=O)C(=O)N(CC[NH+](C)C)C2c2cc[nH+]cc2)c(C)c1. The topological polar surface area (TPSA) is 85.4 Å². The van der Waals surface area contributed by atoms with E-state index in [2.05, 4.69) is 4.98 Å². The molecule has 1 aromatic carbocycles. The van der Waals surface area contributed by atoms with E-state index in [9.17, 15) is 14.7 Å². The summed E-state index contributed by atoms with van der Waals surface area (Å²) in [7, 11) is 5.55. The highest BCUT2D eigenvalue weighted by atomic mass is 16.5. The van der Waals surface area contributed by atoms with Crippen LogP contribution in [0.1, 0.15) is 22.7 Å². The number of Topliss-reactive ketones (excluding diaryl/α,β-unsaturated/α-hetero) is 1. The zero-order valence-corrected chi connectivity index (χ0v) is 17.2. The van der Waals surface area contributed by atoms with Crippen LogP contribution in [0.5, 0.6) is 5.75 Å². The van der Waals surface area contributed by atoms with Gasteiger partial charge >= 0.3 is 0 Å². The molecule has 0 radical (unpaired) electrons. The van der Waals surface area contributed by atoms with Crippen LogP contribution in [0.3, 0.4) is 0 Å². The Labute approximate surface area is 170 Å². The number of aryl methyl sites for hydroxylation is 1. The van der Waals surface area contributed by atoms with Crippen molar-refractivity contribution in [3.8, 4) is 5.75 Å². The average molecular weight is 397 g/mol. The number of methoxy groups -OCH3 is 1. The Morgan fingerprint density at radius 2 is 1.90 bits per heavy atom. The third-order valence-corrected chi connectivity index (χ3v) is 5.14. The molecule has 1 fully saturated rings. The summed E-state index contributed by atoms with van der Waals surface area (Å²) < 4.78 is 5.22. The number of benzene rings is 1. The zero-order valence-electron chi connectivity index (χ0n) is 17.2. The molecule has 29 heavy (non-hydrogen) atoms. The number of likely N-dealkylation sites (tertiary alicyclic amines) is 1. The van der Waals surface area contributed by atoms with Crippen molar-refractivity contribution in [1.82, 2.24) is 4.90 Å². The molecule has 3 rings (SSSR count). The van der Waals surface area contributed by atoms with Gasteiger partial charge in [0.2, 0.25) is 0 Å². The largest absolute Gasteiger partial charge is 0.507 e. The highest BCUT2D eigenvalue weighted by Crippen LogP contribution is 2.39. The van der Waals surface area contributed by atoms with Crippen LogP contribution in [0, 0.1) is 6.92 Å². The minimum absolute atomic E-state index is 0.114. The van der Waals surface area contributed by atoms with Crippen LogP contribution in [-0.2, 0) is 9.59 Å². The summed E-state index contributed by atoms with van der Waals surface area (Å²) in [5.41, 5.74) is 2.15. The summed E-state index contributed by atoms with van der Waals surface area (Å²) in [5, 5.41) is 11.1. The molecular weight excluding hydrogens is 370 g/mol. The van der Waals surface area contributed by atoms with E-state index in [1.165, 1.54) is 0 Å². The van der Waals surface area contributed by atoms with Crippen molar-refractivity contribution in [3.63, 3.8) is 0 Å². The number of nitrogens with zero attached hydrogens (tertiary/aromatic N) is 1. The van der Waals surface area contributed by atoms with Crippen LogP contribution >= 0.6 is 0 Å². The number of carbonyl (C=O) groups excluding carboxylic acids is 2. The maximum Gasteiger partial charge on any atom is 0.295 e. The molecule has 0 bridgehead atoms. The number of aromatic nitrogens is 1. The van der Waals surface area contributed by atoms with E-state index >= 15 is 0 Å². The van der Waals surface area contributed by atoms with Gasteiger partial charge in [-0.05, 0) is 36.2 Å². The number of hydrogen-bond donors (Lipinski definition) is 2. The fourth-order valence-electron chi connectivity index (χ4n) is 3.56. The van der Waals surface area contributed by atoms with Gasteiger partial charge in [-0.3, -0.25) is 9.59 Å². The summed E-state index contributed by atoms with van der Waals surface area (Å²) in [6, 6.07) is 8.22. The van der Waals surface area contributed by atoms with Gasteiger partial charge in [-0.25, -0.2) is 4.98 Å². The predicted octanol–water partition coefficient (Wildman–Crippen LogP) is 0.384. The van der Waals surface area contributed by atoms with Crippen molar-refractivity contribution in [1.29, 1.82) is 0 Å². The smallest absolute Gasteiger partial charge is 0.295 e. The second-order valence-corrected chi connectivity index (χ2v) is 7.46. The molecule has 0 aliphatic carbocycles. The summed E-state index contributed by atoms with van der Waals surface area (Å²) in [6.45, 7) is 2.92. The van der Waals surface area contributed by atoms with Gasteiger partial charge in [0.25, 0.3) is 11.7 Å². The van der Waals surface area contributed by atoms with Gasteiger partial charge in [0.1, 0.15) is 11.5 Å². The fraction of sp³-hybridized carbons (Fsp3) is 0.318. The summed E-state index contributed by atoms with van der Waals surface area (Å²) in [6.07, 6.45) is 3.48. The first-order chi connectivity index (χ1) is 13.8. The van der Waals surface area contributed by atoms with Gasteiger partial charge in [-0.1, -0.05) is 0 Å². The lowest BCUT2D eigenvalue weighted by molar-refractivity contribution is -0.857. The molecule has 1 saturated heterocycles. The van der Waals surface area contributed by atoms with Crippen LogP contribution in [0.2, 0.25) is 0 Å². The Kier molecular flexibility index (Phi) is 5.98. The number of ether oxygens (including phenoxy) is 1. The van der Waals surface area contributed by atoms with E-state index in [0.29, 0.717) is 24.4 Å². The second-order valence-electron chi connectivity index (χ2n) is 7.46. The molecule has 0 spiro atoms. The first-order valence-electron chi connectivity index (χ1n) is 9.53. The van der Waals surface area contributed by atoms with Crippen LogP contribution < -0.4 is 14.6 Å². The molecule has 7 heteroatoms. The zero-order chi connectivity index (χ0) is 21.1. The minimum Gasteiger partial charge on any atom is -0.507 e. The highest BCUT2D eigenvalue weighted by molar-refractivity contribution is 6.46. The van der Waals surface area contributed by atoms with Gasteiger partial charge in [-0.15, -0.1) is 0 Å². The van der Waals surface area contributed by atoms with Gasteiger partial charge in [0, 0.05) is 17.7 Å². The van der Waals surface area contributed by atoms with Crippen LogP contribution in [-0.4, -0.2) is 56.0 Å². The van der Waals surface area contributed by atoms with Crippen molar-refractivity contribution in [2.24, 2.45) is 0 Å². The molecule has 1 atom stereocenters. The standard InChI is InChI=1S/C22H25N3O4/c1-14-13-16(29-4)5-6-17(14)20(26)18-19(15-7-9-23-10-8-15)25(12-11-24(2)3)22(28)21(18)27/h5-10,13,19,26H,11-12H2,1-4H3/p+2. The molecule has 1 unspecified atom stereocenters. The van der Waals surface area contributed by atoms with Gasteiger partial charge in [-0.2, -0.15) is 0 Å². The van der Waals surface area contributed by atoms with Crippen molar-refractivity contribution < 1.29 is 29.3 Å². The number of carbonyl (C=O) groups is 2. The van der Waals surface area contributed by atoms with Gasteiger partial charge in [0.05, 0.1) is 45.9 Å². The number of aliphatic hydroxyl groups excluding tert-OH is 1. The monoisotopic (exact) mass is 397 g/mol. The number of aliphatic hydroxyl groups is 1. The minimum atomic E-state index is -0.663. The molecule has 2 heterocycles. The molecule has 3 N–H and O–H groups in total. The summed E-state index contributed by atoms with van der Waals surface area (Å²) >= 11 is 0. The number of ketones is 1. The second kappa shape index (κ2) is 8.45. The van der Waals surface area contributed by atoms with Crippen LogP contribution in [0.15, 0.2) is 48.3 Å². The number of amides is 1. The van der Waals surface area contributed by atoms with Crippen molar-refractivity contribution >= 4 is 17.4 Å². The number of quaternary nitrogens is 1. The number of aromatic amines is 1. The third-order valence-electron chi connectivity index (χ3n) is 5.14. The van der Waals surface area contributed by atoms with E-state index in [1.54, 1.807) is 42.6 Å². The lowest BCUT2D eigenvalue weighted by Crippen LogP contribution is -3.06.